The fourth-order valence-electron chi connectivity index (χ4n) is 4.92. The summed E-state index contributed by atoms with van der Waals surface area (Å²) in [7, 11) is -3.92. The summed E-state index contributed by atoms with van der Waals surface area (Å²) in [4.78, 5) is 11.7. The number of nitrogens with zero attached hydrogens (tertiary/aromatic N) is 4. The maximum absolute atomic E-state index is 13.1. The highest BCUT2D eigenvalue weighted by Gasteiger charge is 2.33. The third kappa shape index (κ3) is 6.22. The first-order valence-corrected chi connectivity index (χ1v) is 14.9. The molecule has 0 unspecified atom stereocenters. The van der Waals surface area contributed by atoms with Gasteiger partial charge in [0.15, 0.2) is 0 Å². The van der Waals surface area contributed by atoms with Crippen LogP contribution in [0.1, 0.15) is 49.7 Å². The van der Waals surface area contributed by atoms with E-state index in [1.54, 1.807) is 0 Å². The number of halogens is 3. The van der Waals surface area contributed by atoms with Gasteiger partial charge in [-0.25, -0.2) is 18.4 Å². The third-order valence-corrected chi connectivity index (χ3v) is 9.39. The molecule has 0 radical (unpaired) electrons. The van der Waals surface area contributed by atoms with E-state index in [9.17, 15) is 21.6 Å². The van der Waals surface area contributed by atoms with Gasteiger partial charge in [0.1, 0.15) is 11.6 Å². The zero-order chi connectivity index (χ0) is 29.4. The van der Waals surface area contributed by atoms with Gasteiger partial charge in [-0.1, -0.05) is 38.1 Å². The lowest BCUT2D eigenvalue weighted by molar-refractivity contribution is -0.137. The van der Waals surface area contributed by atoms with Crippen LogP contribution >= 0.6 is 0 Å². The van der Waals surface area contributed by atoms with Crippen molar-refractivity contribution < 1.29 is 21.6 Å². The summed E-state index contributed by atoms with van der Waals surface area (Å²) in [6, 6.07) is 19.5. The van der Waals surface area contributed by atoms with Crippen LogP contribution in [0.15, 0.2) is 77.7 Å². The predicted molar refractivity (Wildman–Crippen MR) is 154 cm³/mol. The van der Waals surface area contributed by atoms with Crippen molar-refractivity contribution >= 4 is 32.4 Å². The Morgan fingerprint density at radius 2 is 1.46 bits per heavy atom. The molecule has 11 heteroatoms. The molecule has 7 nitrogen and oxygen atoms in total. The van der Waals surface area contributed by atoms with Crippen molar-refractivity contribution in [1.82, 2.24) is 19.2 Å². The second kappa shape index (κ2) is 11.4. The van der Waals surface area contributed by atoms with Gasteiger partial charge in [-0.05, 0) is 66.9 Å². The molecular weight excluding hydrogens is 551 g/mol. The van der Waals surface area contributed by atoms with Crippen molar-refractivity contribution in [3.8, 4) is 0 Å². The molecular formula is C30H32F3N5O2S. The van der Waals surface area contributed by atoms with Crippen LogP contribution < -0.4 is 5.32 Å². The molecule has 4 aromatic rings. The summed E-state index contributed by atoms with van der Waals surface area (Å²) in [5.74, 6) is 1.74. The van der Waals surface area contributed by atoms with Gasteiger partial charge >= 0.3 is 6.18 Å². The number of hydrogen-bond acceptors (Lipinski definition) is 6. The standard InChI is InChI=1S/C30H32F3N5O2S/c1-20(2)22-8-12-24(13-9-22)34-29-26-6-4-5-7-27(26)35-28(36-29)21(3)37-16-18-38(19-17-37)41(39,40)25-14-10-23(11-15-25)30(31,32)33/h4-15,20-21H,16-19H2,1-3H3,(H,34,35,36)/t21-/m0/s1. The number of nitrogens with one attached hydrogen (secondary N) is 1. The van der Waals surface area contributed by atoms with Crippen LogP contribution in [0.2, 0.25) is 0 Å². The average molecular weight is 584 g/mol. The van der Waals surface area contributed by atoms with E-state index in [4.69, 9.17) is 9.97 Å². The fourth-order valence-corrected chi connectivity index (χ4v) is 6.35. The smallest absolute Gasteiger partial charge is 0.340 e. The summed E-state index contributed by atoms with van der Waals surface area (Å²) < 4.78 is 66.3. The first kappa shape index (κ1) is 29.0. The highest BCUT2D eigenvalue weighted by atomic mass is 32.2. The Morgan fingerprint density at radius 3 is 2.07 bits per heavy atom. The summed E-state index contributed by atoms with van der Waals surface area (Å²) in [5.41, 5.74) is 2.08. The Kier molecular flexibility index (Phi) is 8.04. The zero-order valence-corrected chi connectivity index (χ0v) is 23.9. The van der Waals surface area contributed by atoms with Crippen LogP contribution in [0.25, 0.3) is 10.9 Å². The summed E-state index contributed by atoms with van der Waals surface area (Å²) in [6.07, 6.45) is -4.53. The largest absolute Gasteiger partial charge is 0.416 e. The van der Waals surface area contributed by atoms with Gasteiger partial charge in [0, 0.05) is 37.3 Å². The average Bonchev–Trinajstić information content (AvgIpc) is 2.96. The maximum Gasteiger partial charge on any atom is 0.416 e. The van der Waals surface area contributed by atoms with Crippen LogP contribution in [0, 0.1) is 0 Å². The monoisotopic (exact) mass is 583 g/mol. The van der Waals surface area contributed by atoms with Gasteiger partial charge in [-0.15, -0.1) is 0 Å². The Balaban J connectivity index is 1.32. The minimum absolute atomic E-state index is 0.151. The van der Waals surface area contributed by atoms with Crippen LogP contribution in [0.4, 0.5) is 24.7 Å². The Labute approximate surface area is 238 Å². The zero-order valence-electron chi connectivity index (χ0n) is 23.1. The number of para-hydroxylation sites is 1. The number of fused-ring (bicyclic) bond motifs is 1. The fraction of sp³-hybridized carbons (Fsp3) is 0.333. The quantitative estimate of drug-likeness (QED) is 0.265. The molecule has 0 aliphatic carbocycles. The number of aromatic nitrogens is 2. The second-order valence-electron chi connectivity index (χ2n) is 10.5. The lowest BCUT2D eigenvalue weighted by Crippen LogP contribution is -2.49. The topological polar surface area (TPSA) is 78.4 Å². The van der Waals surface area contributed by atoms with Crippen LogP contribution in [0.5, 0.6) is 0 Å². The molecule has 0 amide bonds. The number of alkyl halides is 3. The minimum atomic E-state index is -4.53. The number of sulfonamides is 1. The van der Waals surface area contributed by atoms with Gasteiger partial charge < -0.3 is 5.32 Å². The molecule has 41 heavy (non-hydrogen) atoms. The SMILES string of the molecule is CC(C)c1ccc(Nc2nc([C@H](C)N3CCN(S(=O)(=O)c4ccc(C(F)(F)F)cc4)CC3)nc3ccccc23)cc1. The van der Waals surface area contributed by atoms with Crippen LogP contribution in [-0.4, -0.2) is 53.8 Å². The molecule has 1 saturated heterocycles. The highest BCUT2D eigenvalue weighted by Crippen LogP contribution is 2.31. The van der Waals surface area contributed by atoms with E-state index in [0.29, 0.717) is 30.6 Å². The van der Waals surface area contributed by atoms with Crippen molar-refractivity contribution in [1.29, 1.82) is 0 Å². The molecule has 3 aromatic carbocycles. The second-order valence-corrected chi connectivity index (χ2v) is 12.4. The van der Waals surface area contributed by atoms with E-state index >= 15 is 0 Å². The van der Waals surface area contributed by atoms with E-state index < -0.39 is 21.8 Å². The Morgan fingerprint density at radius 1 is 0.829 bits per heavy atom. The Bertz CT molecular complexity index is 1620. The van der Waals surface area contributed by atoms with Crippen molar-refractivity contribution in [2.24, 2.45) is 0 Å². The number of benzene rings is 3. The number of anilines is 2. The van der Waals surface area contributed by atoms with Crippen molar-refractivity contribution in [3.63, 3.8) is 0 Å². The van der Waals surface area contributed by atoms with Crippen LogP contribution in [0.3, 0.4) is 0 Å². The summed E-state index contributed by atoms with van der Waals surface area (Å²) in [6.45, 7) is 7.55. The van der Waals surface area contributed by atoms with Gasteiger partial charge in [0.25, 0.3) is 0 Å². The van der Waals surface area contributed by atoms with E-state index in [1.165, 1.54) is 9.87 Å². The first-order chi connectivity index (χ1) is 19.4. The van der Waals surface area contributed by atoms with Crippen molar-refractivity contribution in [2.75, 3.05) is 31.5 Å². The minimum Gasteiger partial charge on any atom is -0.340 e. The molecule has 5 rings (SSSR count). The molecule has 2 heterocycles. The van der Waals surface area contributed by atoms with E-state index in [2.05, 4.69) is 36.2 Å². The predicted octanol–water partition coefficient (Wildman–Crippen LogP) is 6.58. The van der Waals surface area contributed by atoms with E-state index in [0.717, 1.165) is 40.9 Å². The van der Waals surface area contributed by atoms with Crippen molar-refractivity contribution in [3.05, 3.63) is 89.7 Å². The van der Waals surface area contributed by atoms with Gasteiger partial charge in [0.05, 0.1) is 22.0 Å². The molecule has 1 aliphatic heterocycles. The molecule has 1 atom stereocenters. The molecule has 1 N–H and O–H groups in total. The first-order valence-electron chi connectivity index (χ1n) is 13.5. The summed E-state index contributed by atoms with van der Waals surface area (Å²) >= 11 is 0. The number of piperazine rings is 1. The maximum atomic E-state index is 13.1. The lowest BCUT2D eigenvalue weighted by Gasteiger charge is -2.37. The van der Waals surface area contributed by atoms with Crippen molar-refractivity contribution in [2.45, 2.75) is 43.8 Å². The molecule has 1 aromatic heterocycles. The summed E-state index contributed by atoms with van der Waals surface area (Å²) in [5, 5.41) is 4.33. The normalized spacial score (nSPS) is 16.3. The van der Waals surface area contributed by atoms with Gasteiger partial charge in [-0.2, -0.15) is 17.5 Å². The van der Waals surface area contributed by atoms with Gasteiger partial charge in [0.2, 0.25) is 10.0 Å². The van der Waals surface area contributed by atoms with E-state index in [-0.39, 0.29) is 24.0 Å². The number of hydrogen-bond donors (Lipinski definition) is 1. The van der Waals surface area contributed by atoms with E-state index in [1.807, 2.05) is 43.3 Å². The molecule has 0 saturated carbocycles. The molecule has 0 spiro atoms. The molecule has 216 valence electrons. The highest BCUT2D eigenvalue weighted by molar-refractivity contribution is 7.89. The van der Waals surface area contributed by atoms with Crippen LogP contribution in [-0.2, 0) is 16.2 Å². The van der Waals surface area contributed by atoms with Gasteiger partial charge in [-0.3, -0.25) is 4.90 Å². The third-order valence-electron chi connectivity index (χ3n) is 7.47. The molecule has 1 aliphatic rings. The lowest BCUT2D eigenvalue weighted by atomic mass is 10.0. The Hall–Kier alpha value is -3.54. The molecule has 0 bridgehead atoms. The molecule has 1 fully saturated rings. The number of rotatable bonds is 7.